The Morgan fingerprint density at radius 3 is 2.29 bits per heavy atom. The number of nitrogens with one attached hydrogen (secondary N) is 2. The molecule has 2 aromatic carbocycles. The van der Waals surface area contributed by atoms with Gasteiger partial charge in [0.15, 0.2) is 0 Å². The van der Waals surface area contributed by atoms with Crippen molar-refractivity contribution < 1.29 is 4.79 Å². The van der Waals surface area contributed by atoms with E-state index >= 15 is 0 Å². The highest BCUT2D eigenvalue weighted by molar-refractivity contribution is 5.91. The van der Waals surface area contributed by atoms with Crippen LogP contribution in [0.3, 0.4) is 0 Å². The summed E-state index contributed by atoms with van der Waals surface area (Å²) in [6.45, 7) is 0.539. The molecule has 2 amide bonds. The number of aromatic nitrogens is 4. The Balaban J connectivity index is 1.31. The summed E-state index contributed by atoms with van der Waals surface area (Å²) in [4.78, 5) is 12.3. The number of anilines is 1. The molecule has 0 saturated carbocycles. The second-order valence-corrected chi connectivity index (χ2v) is 6.22. The van der Waals surface area contributed by atoms with Crippen molar-refractivity contribution in [1.82, 2.24) is 24.9 Å². The molecule has 0 fully saturated rings. The highest BCUT2D eigenvalue weighted by Crippen LogP contribution is 2.18. The summed E-state index contributed by atoms with van der Waals surface area (Å²) in [7, 11) is 0. The molecule has 2 N–H and O–H groups in total. The number of benzene rings is 2. The molecule has 0 aliphatic heterocycles. The standard InChI is InChI=1S/C21H20N6O/c28-21(25-19-5-1-2-6-20(19)27-16-4-13-24-27)22-14-11-17-7-9-18(10-8-17)26-15-3-12-23-26/h1-10,12-13,15-16H,11,14H2,(H2,22,25,28). The molecule has 2 heterocycles. The highest BCUT2D eigenvalue weighted by Gasteiger charge is 2.08. The van der Waals surface area contributed by atoms with E-state index in [0.717, 1.165) is 23.4 Å². The molecule has 4 aromatic rings. The van der Waals surface area contributed by atoms with Crippen molar-refractivity contribution in [3.05, 3.63) is 91.0 Å². The van der Waals surface area contributed by atoms with E-state index in [1.54, 1.807) is 17.1 Å². The van der Waals surface area contributed by atoms with Gasteiger partial charge in [0.2, 0.25) is 0 Å². The van der Waals surface area contributed by atoms with Crippen molar-refractivity contribution in [3.8, 4) is 11.4 Å². The smallest absolute Gasteiger partial charge is 0.319 e. The fourth-order valence-corrected chi connectivity index (χ4v) is 2.91. The number of nitrogens with zero attached hydrogens (tertiary/aromatic N) is 4. The van der Waals surface area contributed by atoms with E-state index in [4.69, 9.17) is 0 Å². The first-order chi connectivity index (χ1) is 13.8. The molecule has 0 radical (unpaired) electrons. The molecule has 28 heavy (non-hydrogen) atoms. The third-order valence-corrected chi connectivity index (χ3v) is 4.31. The lowest BCUT2D eigenvalue weighted by Crippen LogP contribution is -2.30. The van der Waals surface area contributed by atoms with Crippen LogP contribution in [0.15, 0.2) is 85.5 Å². The van der Waals surface area contributed by atoms with E-state index in [-0.39, 0.29) is 6.03 Å². The molecule has 0 saturated heterocycles. The summed E-state index contributed by atoms with van der Waals surface area (Å²) in [5.74, 6) is 0. The molecule has 0 aliphatic carbocycles. The SMILES string of the molecule is O=C(NCCc1ccc(-n2cccn2)cc1)Nc1ccccc1-n1cccn1. The Kier molecular flexibility index (Phi) is 5.15. The predicted molar refractivity (Wildman–Crippen MR) is 108 cm³/mol. The second kappa shape index (κ2) is 8.22. The maximum absolute atomic E-state index is 12.3. The van der Waals surface area contributed by atoms with Crippen LogP contribution in [0.4, 0.5) is 10.5 Å². The zero-order chi connectivity index (χ0) is 19.2. The molecule has 4 rings (SSSR count). The van der Waals surface area contributed by atoms with Gasteiger partial charge in [-0.15, -0.1) is 0 Å². The van der Waals surface area contributed by atoms with Gasteiger partial charge in [-0.05, 0) is 48.4 Å². The van der Waals surface area contributed by atoms with Crippen molar-refractivity contribution >= 4 is 11.7 Å². The van der Waals surface area contributed by atoms with Gasteiger partial charge in [-0.2, -0.15) is 10.2 Å². The van der Waals surface area contributed by atoms with Gasteiger partial charge in [0, 0.05) is 31.3 Å². The lowest BCUT2D eigenvalue weighted by atomic mass is 10.1. The number of amides is 2. The Hall–Kier alpha value is -3.87. The van der Waals surface area contributed by atoms with Crippen LogP contribution in [0.1, 0.15) is 5.56 Å². The number of carbonyl (C=O) groups is 1. The van der Waals surface area contributed by atoms with Crippen LogP contribution in [-0.4, -0.2) is 32.1 Å². The van der Waals surface area contributed by atoms with Gasteiger partial charge < -0.3 is 10.6 Å². The van der Waals surface area contributed by atoms with Crippen molar-refractivity contribution in [3.63, 3.8) is 0 Å². The van der Waals surface area contributed by atoms with Gasteiger partial charge in [-0.1, -0.05) is 24.3 Å². The second-order valence-electron chi connectivity index (χ2n) is 6.22. The molecule has 0 atom stereocenters. The van der Waals surface area contributed by atoms with Crippen LogP contribution < -0.4 is 10.6 Å². The molecule has 0 unspecified atom stereocenters. The van der Waals surface area contributed by atoms with Crippen molar-refractivity contribution in [1.29, 1.82) is 0 Å². The molecular weight excluding hydrogens is 352 g/mol. The van der Waals surface area contributed by atoms with Crippen molar-refractivity contribution in [2.45, 2.75) is 6.42 Å². The first kappa shape index (κ1) is 17.5. The van der Waals surface area contributed by atoms with Crippen LogP contribution in [0.25, 0.3) is 11.4 Å². The Morgan fingerprint density at radius 1 is 0.857 bits per heavy atom. The number of hydrogen-bond donors (Lipinski definition) is 2. The van der Waals surface area contributed by atoms with E-state index < -0.39 is 0 Å². The summed E-state index contributed by atoms with van der Waals surface area (Å²) in [6, 6.07) is 19.2. The third-order valence-electron chi connectivity index (χ3n) is 4.31. The van der Waals surface area contributed by atoms with Gasteiger partial charge in [0.05, 0.1) is 17.1 Å². The maximum atomic E-state index is 12.3. The molecule has 0 aliphatic rings. The van der Waals surface area contributed by atoms with Crippen LogP contribution in [0.5, 0.6) is 0 Å². The van der Waals surface area contributed by atoms with E-state index in [2.05, 4.69) is 20.8 Å². The first-order valence-electron chi connectivity index (χ1n) is 9.02. The Morgan fingerprint density at radius 2 is 1.57 bits per heavy atom. The molecule has 7 nitrogen and oxygen atoms in total. The number of urea groups is 1. The zero-order valence-corrected chi connectivity index (χ0v) is 15.2. The summed E-state index contributed by atoms with van der Waals surface area (Å²) in [5.41, 5.74) is 3.67. The Bertz CT molecular complexity index is 1020. The summed E-state index contributed by atoms with van der Waals surface area (Å²) in [6.07, 6.45) is 7.94. The summed E-state index contributed by atoms with van der Waals surface area (Å²) >= 11 is 0. The minimum atomic E-state index is -0.243. The number of carbonyl (C=O) groups excluding carboxylic acids is 1. The maximum Gasteiger partial charge on any atom is 0.319 e. The quantitative estimate of drug-likeness (QED) is 0.544. The number of hydrogen-bond acceptors (Lipinski definition) is 3. The predicted octanol–water partition coefficient (Wildman–Crippen LogP) is 3.42. The van der Waals surface area contributed by atoms with Crippen LogP contribution >= 0.6 is 0 Å². The zero-order valence-electron chi connectivity index (χ0n) is 15.2. The van der Waals surface area contributed by atoms with Gasteiger partial charge >= 0.3 is 6.03 Å². The Labute approximate surface area is 162 Å². The van der Waals surface area contributed by atoms with E-state index in [9.17, 15) is 4.79 Å². The topological polar surface area (TPSA) is 76.8 Å². The van der Waals surface area contributed by atoms with E-state index in [1.165, 1.54) is 0 Å². The fraction of sp³-hybridized carbons (Fsp3) is 0.0952. The molecule has 140 valence electrons. The number of para-hydroxylation sites is 2. The molecule has 0 spiro atoms. The summed E-state index contributed by atoms with van der Waals surface area (Å²) < 4.78 is 3.53. The average Bonchev–Trinajstić information content (AvgIpc) is 3.43. The summed E-state index contributed by atoms with van der Waals surface area (Å²) in [5, 5.41) is 14.2. The van der Waals surface area contributed by atoms with Crippen LogP contribution in [-0.2, 0) is 6.42 Å². The number of rotatable bonds is 6. The van der Waals surface area contributed by atoms with E-state index in [0.29, 0.717) is 12.2 Å². The van der Waals surface area contributed by atoms with Gasteiger partial charge in [0.25, 0.3) is 0 Å². The highest BCUT2D eigenvalue weighted by atomic mass is 16.2. The van der Waals surface area contributed by atoms with Crippen molar-refractivity contribution in [2.75, 3.05) is 11.9 Å². The first-order valence-corrected chi connectivity index (χ1v) is 9.02. The monoisotopic (exact) mass is 372 g/mol. The minimum Gasteiger partial charge on any atom is -0.338 e. The lowest BCUT2D eigenvalue weighted by molar-refractivity contribution is 0.252. The fourth-order valence-electron chi connectivity index (χ4n) is 2.91. The molecular formula is C21H20N6O. The van der Waals surface area contributed by atoms with Crippen molar-refractivity contribution in [2.24, 2.45) is 0 Å². The third kappa shape index (κ3) is 4.09. The minimum absolute atomic E-state index is 0.243. The van der Waals surface area contributed by atoms with Crippen LogP contribution in [0.2, 0.25) is 0 Å². The largest absolute Gasteiger partial charge is 0.338 e. The molecule has 0 bridgehead atoms. The van der Waals surface area contributed by atoms with Crippen LogP contribution in [0, 0.1) is 0 Å². The van der Waals surface area contributed by atoms with Gasteiger partial charge in [-0.3, -0.25) is 0 Å². The van der Waals surface area contributed by atoms with Gasteiger partial charge in [0.1, 0.15) is 0 Å². The van der Waals surface area contributed by atoms with E-state index in [1.807, 2.05) is 77.7 Å². The molecule has 2 aromatic heterocycles. The lowest BCUT2D eigenvalue weighted by Gasteiger charge is -2.12. The average molecular weight is 372 g/mol. The molecule has 7 heteroatoms. The normalized spacial score (nSPS) is 10.6. The van der Waals surface area contributed by atoms with Gasteiger partial charge in [-0.25, -0.2) is 14.2 Å².